The lowest BCUT2D eigenvalue weighted by molar-refractivity contribution is 1.18. The molecule has 10 rings (SSSR count). The minimum atomic E-state index is -1.97. The van der Waals surface area contributed by atoms with Crippen LogP contribution in [-0.4, -0.2) is 12.6 Å². The van der Waals surface area contributed by atoms with Crippen LogP contribution in [0.5, 0.6) is 0 Å². The summed E-state index contributed by atoms with van der Waals surface area (Å²) in [6.45, 7) is 5.10. The van der Waals surface area contributed by atoms with E-state index < -0.39 is 8.07 Å². The molecule has 0 unspecified atom stereocenters. The fourth-order valence-electron chi connectivity index (χ4n) is 8.38. The molecule has 0 atom stereocenters. The van der Waals surface area contributed by atoms with Crippen molar-refractivity contribution < 1.29 is 0 Å². The Morgan fingerprint density at radius 2 is 1.09 bits per heavy atom. The molecule has 2 heteroatoms. The van der Waals surface area contributed by atoms with Crippen molar-refractivity contribution in [3.05, 3.63) is 140 Å². The van der Waals surface area contributed by atoms with Crippen LogP contribution in [0.4, 0.5) is 0 Å². The van der Waals surface area contributed by atoms with Crippen LogP contribution in [0, 0.1) is 0 Å². The summed E-state index contributed by atoms with van der Waals surface area (Å²) in [5, 5.41) is 8.64. The maximum atomic E-state index is 2.55. The summed E-state index contributed by atoms with van der Waals surface area (Å²) in [5.74, 6) is 0. The molecule has 2 heterocycles. The van der Waals surface area contributed by atoms with Crippen LogP contribution in [-0.2, 0) is 0 Å². The predicted octanol–water partition coefficient (Wildman–Crippen LogP) is 10.1. The highest BCUT2D eigenvalue weighted by Gasteiger charge is 2.40. The van der Waals surface area contributed by atoms with E-state index in [1.54, 1.807) is 10.4 Å². The molecule has 1 nitrogen and oxygen atoms in total. The molecule has 1 aliphatic carbocycles. The largest absolute Gasteiger partial charge is 0.309 e. The summed E-state index contributed by atoms with van der Waals surface area (Å²) in [6, 6.07) is 52.2. The summed E-state index contributed by atoms with van der Waals surface area (Å²) >= 11 is 0. The van der Waals surface area contributed by atoms with Crippen LogP contribution < -0.4 is 10.4 Å². The number of nitrogens with zero attached hydrogens (tertiary/aromatic N) is 1. The van der Waals surface area contributed by atoms with Crippen molar-refractivity contribution in [2.24, 2.45) is 0 Å². The lowest BCUT2D eigenvalue weighted by Crippen LogP contribution is -2.49. The average molecular weight is 576 g/mol. The third-order valence-electron chi connectivity index (χ3n) is 10.3. The van der Waals surface area contributed by atoms with Gasteiger partial charge in [0.15, 0.2) is 0 Å². The first-order valence-electron chi connectivity index (χ1n) is 15.5. The van der Waals surface area contributed by atoms with Gasteiger partial charge in [0.25, 0.3) is 0 Å². The first-order valence-corrected chi connectivity index (χ1v) is 18.5. The van der Waals surface area contributed by atoms with Gasteiger partial charge in [-0.25, -0.2) is 0 Å². The quantitative estimate of drug-likeness (QED) is 0.181. The standard InChI is InChI=1S/C42H29NSi/c1-44(2)40-24-27(26-20-22-39-35(23-26)31-15-8-9-18-38(31)43(39)28-11-4-3-5-12-28)19-21-32(40)37-25-36-30-14-7-6-13-29(30)33-16-10-17-34(41(33)36)42(37)44/h3-25H,1-2H3. The number of benzene rings is 7. The second-order valence-electron chi connectivity index (χ2n) is 12.9. The van der Waals surface area contributed by atoms with Crippen molar-refractivity contribution in [3.8, 4) is 50.2 Å². The topological polar surface area (TPSA) is 4.93 Å². The second-order valence-corrected chi connectivity index (χ2v) is 17.2. The summed E-state index contributed by atoms with van der Waals surface area (Å²) < 4.78 is 2.39. The van der Waals surface area contributed by atoms with Crippen molar-refractivity contribution in [1.29, 1.82) is 0 Å². The van der Waals surface area contributed by atoms with Crippen LogP contribution in [0.25, 0.3) is 82.8 Å². The summed E-state index contributed by atoms with van der Waals surface area (Å²) in [6.07, 6.45) is 0. The fourth-order valence-corrected chi connectivity index (χ4v) is 11.8. The van der Waals surface area contributed by atoms with Crippen molar-refractivity contribution in [2.45, 2.75) is 13.1 Å². The van der Waals surface area contributed by atoms with E-state index in [1.165, 1.54) is 82.8 Å². The predicted molar refractivity (Wildman–Crippen MR) is 190 cm³/mol. The van der Waals surface area contributed by atoms with Crippen molar-refractivity contribution in [1.82, 2.24) is 4.57 Å². The maximum absolute atomic E-state index is 2.55. The molecule has 7 aromatic carbocycles. The zero-order chi connectivity index (χ0) is 29.2. The molecule has 0 bridgehead atoms. The Balaban J connectivity index is 1.17. The van der Waals surface area contributed by atoms with Gasteiger partial charge in [-0.1, -0.05) is 116 Å². The number of para-hydroxylation sites is 2. The Morgan fingerprint density at radius 1 is 0.432 bits per heavy atom. The van der Waals surface area contributed by atoms with E-state index in [9.17, 15) is 0 Å². The SMILES string of the molecule is C[Si]1(C)c2cc(-c3ccc4c(c3)c3ccccc3n4-c3ccccc3)ccc2-c2cc3c4c(cccc4c21)-c1ccccc1-3. The molecule has 0 saturated heterocycles. The van der Waals surface area contributed by atoms with E-state index in [-0.39, 0.29) is 0 Å². The highest BCUT2D eigenvalue weighted by molar-refractivity contribution is 7.05. The third kappa shape index (κ3) is 3.03. The highest BCUT2D eigenvalue weighted by atomic mass is 28.3. The summed E-state index contributed by atoms with van der Waals surface area (Å²) in [5.41, 5.74) is 14.7. The average Bonchev–Trinajstić information content (AvgIpc) is 3.66. The van der Waals surface area contributed by atoms with E-state index in [0.29, 0.717) is 0 Å². The van der Waals surface area contributed by atoms with E-state index >= 15 is 0 Å². The van der Waals surface area contributed by atoms with Crippen molar-refractivity contribution in [2.75, 3.05) is 0 Å². The number of rotatable bonds is 2. The van der Waals surface area contributed by atoms with Gasteiger partial charge in [0.05, 0.1) is 11.0 Å². The molecule has 0 amide bonds. The Hall–Kier alpha value is -5.18. The Kier molecular flexibility index (Phi) is 4.67. The molecule has 8 aromatic rings. The number of aromatic nitrogens is 1. The third-order valence-corrected chi connectivity index (χ3v) is 13.8. The molecule has 0 fully saturated rings. The van der Waals surface area contributed by atoms with Gasteiger partial charge in [0.2, 0.25) is 0 Å². The normalized spacial score (nSPS) is 13.9. The van der Waals surface area contributed by atoms with Gasteiger partial charge in [0, 0.05) is 16.5 Å². The molecule has 0 spiro atoms. The van der Waals surface area contributed by atoms with Crippen LogP contribution >= 0.6 is 0 Å². The molecular formula is C42H29NSi. The van der Waals surface area contributed by atoms with Gasteiger partial charge in [0.1, 0.15) is 8.07 Å². The first kappa shape index (κ1) is 24.3. The van der Waals surface area contributed by atoms with Crippen LogP contribution in [0.15, 0.2) is 140 Å². The lowest BCUT2D eigenvalue weighted by atomic mass is 9.94. The van der Waals surface area contributed by atoms with Gasteiger partial charge >= 0.3 is 0 Å². The second kappa shape index (κ2) is 8.47. The van der Waals surface area contributed by atoms with E-state index in [4.69, 9.17) is 0 Å². The van der Waals surface area contributed by atoms with Crippen LogP contribution in [0.1, 0.15) is 0 Å². The lowest BCUT2D eigenvalue weighted by Gasteiger charge is -2.22. The molecule has 0 radical (unpaired) electrons. The number of hydrogen-bond donors (Lipinski definition) is 0. The van der Waals surface area contributed by atoms with Crippen LogP contribution in [0.2, 0.25) is 13.1 Å². The first-order chi connectivity index (χ1) is 21.6. The molecule has 0 N–H and O–H groups in total. The van der Waals surface area contributed by atoms with Gasteiger partial charge in [-0.2, -0.15) is 0 Å². The fraction of sp³-hybridized carbons (Fsp3) is 0.0476. The number of hydrogen-bond acceptors (Lipinski definition) is 0. The van der Waals surface area contributed by atoms with E-state index in [0.717, 1.165) is 0 Å². The molecule has 1 aromatic heterocycles. The van der Waals surface area contributed by atoms with Crippen LogP contribution in [0.3, 0.4) is 0 Å². The van der Waals surface area contributed by atoms with E-state index in [1.807, 2.05) is 0 Å². The van der Waals surface area contributed by atoms with Gasteiger partial charge in [-0.05, 0) is 102 Å². The zero-order valence-corrected chi connectivity index (χ0v) is 25.7. The molecule has 44 heavy (non-hydrogen) atoms. The van der Waals surface area contributed by atoms with Gasteiger partial charge < -0.3 is 4.57 Å². The monoisotopic (exact) mass is 575 g/mol. The van der Waals surface area contributed by atoms with Gasteiger partial charge in [-0.15, -0.1) is 0 Å². The highest BCUT2D eigenvalue weighted by Crippen LogP contribution is 2.49. The van der Waals surface area contributed by atoms with Gasteiger partial charge in [-0.3, -0.25) is 0 Å². The maximum Gasteiger partial charge on any atom is 0.114 e. The Morgan fingerprint density at radius 3 is 1.95 bits per heavy atom. The minimum absolute atomic E-state index is 1.19. The molecular weight excluding hydrogens is 547 g/mol. The number of fused-ring (bicyclic) bond motifs is 10. The molecule has 0 saturated carbocycles. The summed E-state index contributed by atoms with van der Waals surface area (Å²) in [4.78, 5) is 0. The van der Waals surface area contributed by atoms with Crippen molar-refractivity contribution >= 4 is 51.0 Å². The molecule has 1 aliphatic heterocycles. The smallest absolute Gasteiger partial charge is 0.114 e. The van der Waals surface area contributed by atoms with Crippen molar-refractivity contribution in [3.63, 3.8) is 0 Å². The van der Waals surface area contributed by atoms with E-state index in [2.05, 4.69) is 157 Å². The zero-order valence-electron chi connectivity index (χ0n) is 24.7. The minimum Gasteiger partial charge on any atom is -0.309 e. The Labute approximate surface area is 257 Å². The molecule has 2 aliphatic rings. The summed E-state index contributed by atoms with van der Waals surface area (Å²) in [7, 11) is -1.97. The Bertz CT molecular complexity index is 2520. The molecule has 206 valence electrons.